The standard InChI is InChI=1S/C15H14N2O3S/c1-20-14-8-4-2-7-13(14)11-17-21(18,19)15-9-5-3-6-12(15)10-16/h2-9,17H,11H2,1H3. The summed E-state index contributed by atoms with van der Waals surface area (Å²) in [5.74, 6) is 0.605. The predicted octanol–water partition coefficient (Wildman–Crippen LogP) is 2.05. The van der Waals surface area contributed by atoms with Crippen molar-refractivity contribution in [2.75, 3.05) is 7.11 Å². The monoisotopic (exact) mass is 302 g/mol. The first kappa shape index (κ1) is 15.0. The van der Waals surface area contributed by atoms with Gasteiger partial charge in [-0.15, -0.1) is 0 Å². The van der Waals surface area contributed by atoms with Crippen LogP contribution in [-0.4, -0.2) is 15.5 Å². The number of hydrogen-bond acceptors (Lipinski definition) is 4. The number of rotatable bonds is 5. The molecule has 0 unspecified atom stereocenters. The van der Waals surface area contributed by atoms with Crippen molar-refractivity contribution in [3.8, 4) is 11.8 Å². The molecule has 0 atom stereocenters. The van der Waals surface area contributed by atoms with E-state index in [-0.39, 0.29) is 17.0 Å². The van der Waals surface area contributed by atoms with Crippen molar-refractivity contribution in [2.24, 2.45) is 0 Å². The molecular weight excluding hydrogens is 288 g/mol. The number of benzene rings is 2. The molecule has 108 valence electrons. The Bertz CT molecular complexity index is 780. The highest BCUT2D eigenvalue weighted by atomic mass is 32.2. The van der Waals surface area contributed by atoms with E-state index in [1.165, 1.54) is 19.2 Å². The molecule has 5 nitrogen and oxygen atoms in total. The number of nitrogens with one attached hydrogen (secondary N) is 1. The largest absolute Gasteiger partial charge is 0.496 e. The minimum atomic E-state index is -3.75. The van der Waals surface area contributed by atoms with E-state index in [1.54, 1.807) is 30.3 Å². The van der Waals surface area contributed by atoms with E-state index in [9.17, 15) is 8.42 Å². The van der Waals surface area contributed by atoms with Crippen molar-refractivity contribution in [1.82, 2.24) is 4.72 Å². The topological polar surface area (TPSA) is 79.2 Å². The maximum Gasteiger partial charge on any atom is 0.242 e. The van der Waals surface area contributed by atoms with Crippen LogP contribution in [0.15, 0.2) is 53.4 Å². The summed E-state index contributed by atoms with van der Waals surface area (Å²) in [7, 11) is -2.23. The molecule has 0 radical (unpaired) electrons. The van der Waals surface area contributed by atoms with Crippen LogP contribution in [0.1, 0.15) is 11.1 Å². The van der Waals surface area contributed by atoms with Gasteiger partial charge in [0, 0.05) is 12.1 Å². The fourth-order valence-corrected chi connectivity index (χ4v) is 3.05. The number of sulfonamides is 1. The summed E-state index contributed by atoms with van der Waals surface area (Å²) in [6, 6.07) is 15.1. The lowest BCUT2D eigenvalue weighted by atomic mass is 10.2. The van der Waals surface area contributed by atoms with Crippen LogP contribution in [0, 0.1) is 11.3 Å². The Hall–Kier alpha value is -2.36. The van der Waals surface area contributed by atoms with Gasteiger partial charge in [-0.05, 0) is 18.2 Å². The molecule has 0 fully saturated rings. The van der Waals surface area contributed by atoms with Gasteiger partial charge < -0.3 is 4.74 Å². The molecule has 6 heteroatoms. The molecule has 1 N–H and O–H groups in total. The van der Waals surface area contributed by atoms with Crippen molar-refractivity contribution >= 4 is 10.0 Å². The summed E-state index contributed by atoms with van der Waals surface area (Å²) >= 11 is 0. The quantitative estimate of drug-likeness (QED) is 0.916. The summed E-state index contributed by atoms with van der Waals surface area (Å²) < 4.78 is 32.2. The molecule has 2 aromatic carbocycles. The fraction of sp³-hybridized carbons (Fsp3) is 0.133. The summed E-state index contributed by atoms with van der Waals surface area (Å²) in [4.78, 5) is -0.0256. The van der Waals surface area contributed by atoms with Crippen molar-refractivity contribution in [3.05, 3.63) is 59.7 Å². The van der Waals surface area contributed by atoms with Crippen molar-refractivity contribution < 1.29 is 13.2 Å². The first-order valence-electron chi connectivity index (χ1n) is 6.19. The maximum atomic E-state index is 12.3. The van der Waals surface area contributed by atoms with Gasteiger partial charge in [0.25, 0.3) is 0 Å². The highest BCUT2D eigenvalue weighted by molar-refractivity contribution is 7.89. The van der Waals surface area contributed by atoms with Crippen LogP contribution in [0.3, 0.4) is 0 Å². The molecule has 0 spiro atoms. The molecule has 0 aliphatic rings. The molecular formula is C15H14N2O3S. The second-order valence-corrected chi connectivity index (χ2v) is 5.98. The molecule has 2 aromatic rings. The van der Waals surface area contributed by atoms with Crippen LogP contribution in [0.5, 0.6) is 5.75 Å². The average Bonchev–Trinajstić information content (AvgIpc) is 2.53. The lowest BCUT2D eigenvalue weighted by Gasteiger charge is -2.10. The van der Waals surface area contributed by atoms with E-state index in [1.807, 2.05) is 12.1 Å². The molecule has 0 heterocycles. The molecule has 0 saturated heterocycles. The molecule has 0 saturated carbocycles. The zero-order chi connectivity index (χ0) is 15.3. The van der Waals surface area contributed by atoms with Crippen LogP contribution in [-0.2, 0) is 16.6 Å². The smallest absolute Gasteiger partial charge is 0.242 e. The Balaban J connectivity index is 2.25. The number of ether oxygens (including phenoxy) is 1. The number of nitrogens with zero attached hydrogens (tertiary/aromatic N) is 1. The van der Waals surface area contributed by atoms with E-state index in [2.05, 4.69) is 4.72 Å². The van der Waals surface area contributed by atoms with Crippen LogP contribution >= 0.6 is 0 Å². The van der Waals surface area contributed by atoms with Gasteiger partial charge >= 0.3 is 0 Å². The van der Waals surface area contributed by atoms with Gasteiger partial charge in [0.15, 0.2) is 0 Å². The minimum Gasteiger partial charge on any atom is -0.496 e. The summed E-state index contributed by atoms with van der Waals surface area (Å²) in [6.45, 7) is 0.0894. The first-order valence-corrected chi connectivity index (χ1v) is 7.67. The van der Waals surface area contributed by atoms with Crippen LogP contribution < -0.4 is 9.46 Å². The van der Waals surface area contributed by atoms with E-state index in [0.29, 0.717) is 5.75 Å². The maximum absolute atomic E-state index is 12.3. The third-order valence-electron chi connectivity index (χ3n) is 2.94. The Morgan fingerprint density at radius 2 is 1.81 bits per heavy atom. The first-order chi connectivity index (χ1) is 10.1. The Labute approximate surface area is 123 Å². The lowest BCUT2D eigenvalue weighted by Crippen LogP contribution is -2.24. The van der Waals surface area contributed by atoms with Gasteiger partial charge in [-0.1, -0.05) is 30.3 Å². The van der Waals surface area contributed by atoms with Gasteiger partial charge in [-0.3, -0.25) is 0 Å². The van der Waals surface area contributed by atoms with E-state index >= 15 is 0 Å². The van der Waals surface area contributed by atoms with Gasteiger partial charge in [0.05, 0.1) is 17.6 Å². The molecule has 0 aromatic heterocycles. The highest BCUT2D eigenvalue weighted by Crippen LogP contribution is 2.19. The van der Waals surface area contributed by atoms with Crippen LogP contribution in [0.2, 0.25) is 0 Å². The SMILES string of the molecule is COc1ccccc1CNS(=O)(=O)c1ccccc1C#N. The van der Waals surface area contributed by atoms with E-state index < -0.39 is 10.0 Å². The van der Waals surface area contributed by atoms with Crippen LogP contribution in [0.4, 0.5) is 0 Å². The van der Waals surface area contributed by atoms with Crippen molar-refractivity contribution in [1.29, 1.82) is 5.26 Å². The number of para-hydroxylation sites is 1. The lowest BCUT2D eigenvalue weighted by molar-refractivity contribution is 0.409. The third kappa shape index (κ3) is 3.40. The second kappa shape index (κ2) is 6.39. The van der Waals surface area contributed by atoms with Gasteiger partial charge in [-0.25, -0.2) is 13.1 Å². The average molecular weight is 302 g/mol. The predicted molar refractivity (Wildman–Crippen MR) is 78.2 cm³/mol. The number of methoxy groups -OCH3 is 1. The molecule has 2 rings (SSSR count). The van der Waals surface area contributed by atoms with Crippen LogP contribution in [0.25, 0.3) is 0 Å². The zero-order valence-electron chi connectivity index (χ0n) is 11.4. The third-order valence-corrected chi connectivity index (χ3v) is 4.40. The summed E-state index contributed by atoms with van der Waals surface area (Å²) in [5.41, 5.74) is 0.836. The molecule has 0 aliphatic carbocycles. The van der Waals surface area contributed by atoms with Crippen molar-refractivity contribution in [2.45, 2.75) is 11.4 Å². The van der Waals surface area contributed by atoms with E-state index in [4.69, 9.17) is 10.00 Å². The zero-order valence-corrected chi connectivity index (χ0v) is 12.2. The Morgan fingerprint density at radius 3 is 2.52 bits per heavy atom. The van der Waals surface area contributed by atoms with Gasteiger partial charge in [0.1, 0.15) is 11.8 Å². The number of hydrogen-bond donors (Lipinski definition) is 1. The van der Waals surface area contributed by atoms with Crippen molar-refractivity contribution in [3.63, 3.8) is 0 Å². The highest BCUT2D eigenvalue weighted by Gasteiger charge is 2.18. The second-order valence-electron chi connectivity index (χ2n) is 4.24. The molecule has 21 heavy (non-hydrogen) atoms. The molecule has 0 aliphatic heterocycles. The minimum absolute atomic E-state index is 0.0256. The van der Waals surface area contributed by atoms with E-state index in [0.717, 1.165) is 5.56 Å². The normalized spacial score (nSPS) is 10.9. The molecule has 0 bridgehead atoms. The summed E-state index contributed by atoms with van der Waals surface area (Å²) in [5, 5.41) is 8.99. The van der Waals surface area contributed by atoms with Gasteiger partial charge in [0.2, 0.25) is 10.0 Å². The summed E-state index contributed by atoms with van der Waals surface area (Å²) in [6.07, 6.45) is 0. The Morgan fingerprint density at radius 1 is 1.14 bits per heavy atom. The Kier molecular flexibility index (Phi) is 4.58. The number of nitriles is 1. The fourth-order valence-electron chi connectivity index (χ4n) is 1.89. The molecule has 0 amide bonds. The van der Waals surface area contributed by atoms with Gasteiger partial charge in [-0.2, -0.15) is 5.26 Å².